The Balaban J connectivity index is 1.06. The van der Waals surface area contributed by atoms with E-state index in [0.29, 0.717) is 12.5 Å². The summed E-state index contributed by atoms with van der Waals surface area (Å²) in [6.07, 6.45) is 9.61. The molecule has 4 saturated carbocycles. The summed E-state index contributed by atoms with van der Waals surface area (Å²) in [5, 5.41) is 0. The molecule has 3 heterocycles. The molecule has 6 aliphatic rings. The number of hydrogen-bond donors (Lipinski definition) is 0. The maximum absolute atomic E-state index is 13.6. The normalized spacial score (nSPS) is 38.6. The van der Waals surface area contributed by atoms with Crippen molar-refractivity contribution in [3.63, 3.8) is 0 Å². The van der Waals surface area contributed by atoms with Crippen LogP contribution in [0.25, 0.3) is 0 Å². The van der Waals surface area contributed by atoms with E-state index in [1.165, 1.54) is 19.3 Å². The zero-order valence-electron chi connectivity index (χ0n) is 18.1. The molecule has 1 aromatic heterocycles. The Morgan fingerprint density at radius 1 is 1.13 bits per heavy atom. The third kappa shape index (κ3) is 3.29. The minimum atomic E-state index is -0.180. The van der Waals surface area contributed by atoms with Gasteiger partial charge in [0.15, 0.2) is 0 Å². The second kappa shape index (κ2) is 7.03. The summed E-state index contributed by atoms with van der Waals surface area (Å²) in [6.45, 7) is 4.81. The Morgan fingerprint density at radius 3 is 2.50 bits per heavy atom. The molecule has 0 N–H and O–H groups in total. The van der Waals surface area contributed by atoms with Crippen molar-refractivity contribution >= 4 is 5.91 Å². The van der Waals surface area contributed by atoms with Gasteiger partial charge in [-0.3, -0.25) is 9.78 Å². The van der Waals surface area contributed by atoms with Gasteiger partial charge in [0.1, 0.15) is 5.60 Å². The van der Waals surface area contributed by atoms with Crippen LogP contribution in [-0.4, -0.2) is 47.2 Å². The molecule has 1 atom stereocenters. The SMILES string of the molecule is Cc1cccc(CO[C@@H]2CCOC3(C2)CN(C(=O)C24CC5CC(CC(C5)C2)C4)C3)n1. The molecule has 4 bridgehead atoms. The summed E-state index contributed by atoms with van der Waals surface area (Å²) in [7, 11) is 0. The van der Waals surface area contributed by atoms with Gasteiger partial charge in [-0.15, -0.1) is 0 Å². The van der Waals surface area contributed by atoms with Gasteiger partial charge in [-0.05, 0) is 81.8 Å². The van der Waals surface area contributed by atoms with Crippen LogP contribution in [0.3, 0.4) is 0 Å². The van der Waals surface area contributed by atoms with Crippen molar-refractivity contribution in [2.24, 2.45) is 23.2 Å². The van der Waals surface area contributed by atoms with Crippen molar-refractivity contribution < 1.29 is 14.3 Å². The molecule has 0 aromatic carbocycles. The average molecular weight is 411 g/mol. The number of aryl methyl sites for hydroxylation is 1. The van der Waals surface area contributed by atoms with Crippen molar-refractivity contribution in [1.29, 1.82) is 0 Å². The lowest BCUT2D eigenvalue weighted by Gasteiger charge is -2.60. The van der Waals surface area contributed by atoms with Crippen molar-refractivity contribution in [2.45, 2.75) is 76.6 Å². The molecule has 162 valence electrons. The highest BCUT2D eigenvalue weighted by atomic mass is 16.5. The summed E-state index contributed by atoms with van der Waals surface area (Å²) in [5.41, 5.74) is 1.80. The molecule has 4 aliphatic carbocycles. The van der Waals surface area contributed by atoms with E-state index in [0.717, 1.165) is 80.9 Å². The van der Waals surface area contributed by atoms with E-state index in [9.17, 15) is 4.79 Å². The summed E-state index contributed by atoms with van der Waals surface area (Å²) < 4.78 is 12.4. The van der Waals surface area contributed by atoms with E-state index in [-0.39, 0.29) is 17.1 Å². The van der Waals surface area contributed by atoms with E-state index >= 15 is 0 Å². The Hall–Kier alpha value is -1.46. The summed E-state index contributed by atoms with van der Waals surface area (Å²) in [5.74, 6) is 2.89. The zero-order valence-corrected chi connectivity index (χ0v) is 18.1. The van der Waals surface area contributed by atoms with Gasteiger partial charge in [-0.2, -0.15) is 0 Å². The molecular formula is C25H34N2O3. The fourth-order valence-electron chi connectivity index (χ4n) is 7.73. The first-order valence-electron chi connectivity index (χ1n) is 12.0. The van der Waals surface area contributed by atoms with Crippen LogP contribution in [-0.2, 0) is 20.9 Å². The van der Waals surface area contributed by atoms with E-state index in [2.05, 4.69) is 9.88 Å². The third-order valence-corrected chi connectivity index (χ3v) is 8.60. The number of pyridine rings is 1. The maximum Gasteiger partial charge on any atom is 0.229 e. The fraction of sp³-hybridized carbons (Fsp3) is 0.760. The molecule has 1 amide bonds. The number of hydrogen-bond acceptors (Lipinski definition) is 4. The number of amides is 1. The highest BCUT2D eigenvalue weighted by Crippen LogP contribution is 2.61. The molecule has 5 nitrogen and oxygen atoms in total. The van der Waals surface area contributed by atoms with Crippen LogP contribution in [0.5, 0.6) is 0 Å². The van der Waals surface area contributed by atoms with Crippen molar-refractivity contribution in [1.82, 2.24) is 9.88 Å². The quantitative estimate of drug-likeness (QED) is 0.756. The predicted molar refractivity (Wildman–Crippen MR) is 113 cm³/mol. The predicted octanol–water partition coefficient (Wildman–Crippen LogP) is 3.88. The molecule has 7 rings (SSSR count). The zero-order chi connectivity index (χ0) is 20.3. The molecular weight excluding hydrogens is 376 g/mol. The highest BCUT2D eigenvalue weighted by molar-refractivity contribution is 5.84. The van der Waals surface area contributed by atoms with Gasteiger partial charge in [0.2, 0.25) is 5.91 Å². The summed E-state index contributed by atoms with van der Waals surface area (Å²) >= 11 is 0. The van der Waals surface area contributed by atoms with Crippen LogP contribution in [0.2, 0.25) is 0 Å². The first-order chi connectivity index (χ1) is 14.5. The van der Waals surface area contributed by atoms with Gasteiger partial charge >= 0.3 is 0 Å². The first-order valence-corrected chi connectivity index (χ1v) is 12.0. The van der Waals surface area contributed by atoms with Gasteiger partial charge in [0, 0.05) is 18.7 Å². The monoisotopic (exact) mass is 410 g/mol. The molecule has 30 heavy (non-hydrogen) atoms. The van der Waals surface area contributed by atoms with E-state index in [1.807, 2.05) is 25.1 Å². The van der Waals surface area contributed by atoms with Gasteiger partial charge in [-0.25, -0.2) is 0 Å². The lowest BCUT2D eigenvalue weighted by Crippen LogP contribution is -2.70. The van der Waals surface area contributed by atoms with Gasteiger partial charge in [-0.1, -0.05) is 6.07 Å². The molecule has 1 aromatic rings. The number of carbonyl (C=O) groups excluding carboxylic acids is 1. The van der Waals surface area contributed by atoms with Gasteiger partial charge in [0.25, 0.3) is 0 Å². The first kappa shape index (κ1) is 19.2. The van der Waals surface area contributed by atoms with Crippen molar-refractivity contribution in [3.8, 4) is 0 Å². The lowest BCUT2D eigenvalue weighted by atomic mass is 9.49. The number of ether oxygens (including phenoxy) is 2. The Kier molecular flexibility index (Phi) is 4.51. The minimum absolute atomic E-state index is 0.0300. The van der Waals surface area contributed by atoms with Crippen molar-refractivity contribution in [2.75, 3.05) is 19.7 Å². The molecule has 5 heteroatoms. The smallest absolute Gasteiger partial charge is 0.229 e. The van der Waals surface area contributed by atoms with Gasteiger partial charge < -0.3 is 14.4 Å². The number of rotatable bonds is 4. The average Bonchev–Trinajstić information content (AvgIpc) is 2.69. The van der Waals surface area contributed by atoms with Crippen LogP contribution in [0.4, 0.5) is 0 Å². The third-order valence-electron chi connectivity index (χ3n) is 8.60. The molecule has 2 saturated heterocycles. The van der Waals surface area contributed by atoms with Crippen LogP contribution in [0.1, 0.15) is 62.8 Å². The van der Waals surface area contributed by atoms with Crippen molar-refractivity contribution in [3.05, 3.63) is 29.6 Å². The van der Waals surface area contributed by atoms with E-state index in [4.69, 9.17) is 9.47 Å². The molecule has 0 radical (unpaired) electrons. The Bertz CT molecular complexity index is 796. The number of nitrogens with zero attached hydrogens (tertiary/aromatic N) is 2. The fourth-order valence-corrected chi connectivity index (χ4v) is 7.73. The second-order valence-corrected chi connectivity index (χ2v) is 11.1. The lowest BCUT2D eigenvalue weighted by molar-refractivity contribution is -0.212. The summed E-state index contributed by atoms with van der Waals surface area (Å²) in [4.78, 5) is 20.2. The highest BCUT2D eigenvalue weighted by Gasteiger charge is 2.59. The Morgan fingerprint density at radius 2 is 1.83 bits per heavy atom. The number of likely N-dealkylation sites (tertiary alicyclic amines) is 1. The van der Waals surface area contributed by atoms with E-state index in [1.54, 1.807) is 0 Å². The topological polar surface area (TPSA) is 51.7 Å². The largest absolute Gasteiger partial charge is 0.372 e. The molecule has 2 aliphatic heterocycles. The molecule has 1 spiro atoms. The summed E-state index contributed by atoms with van der Waals surface area (Å²) in [6, 6.07) is 6.07. The Labute approximate surface area is 179 Å². The minimum Gasteiger partial charge on any atom is -0.372 e. The van der Waals surface area contributed by atoms with Crippen LogP contribution in [0, 0.1) is 30.1 Å². The number of aromatic nitrogens is 1. The maximum atomic E-state index is 13.6. The molecule has 6 fully saturated rings. The molecule has 0 unspecified atom stereocenters. The van der Waals surface area contributed by atoms with Crippen LogP contribution >= 0.6 is 0 Å². The second-order valence-electron chi connectivity index (χ2n) is 11.1. The van der Waals surface area contributed by atoms with E-state index < -0.39 is 0 Å². The van der Waals surface area contributed by atoms with Crippen LogP contribution < -0.4 is 0 Å². The van der Waals surface area contributed by atoms with Gasteiger partial charge in [0.05, 0.1) is 36.9 Å². The number of carbonyl (C=O) groups is 1. The standard InChI is InChI=1S/C25H34N2O3/c1-17-3-2-4-21(26-17)14-29-22-5-6-30-25(13-22)15-27(16-25)23(28)24-10-18-7-19(11-24)9-20(8-18)12-24/h2-4,18-20,22H,5-16H2,1H3/t18?,19?,20?,22-,24?/m1/s1. The van der Waals surface area contributed by atoms with Crippen LogP contribution in [0.15, 0.2) is 18.2 Å².